The zero-order valence-electron chi connectivity index (χ0n) is 9.53. The molecule has 0 amide bonds. The monoisotopic (exact) mass is 224 g/mol. The average Bonchev–Trinajstić information content (AvgIpc) is 2.30. The first-order valence-electron chi connectivity index (χ1n) is 5.14. The van der Waals surface area contributed by atoms with Crippen LogP contribution in [-0.4, -0.2) is 37.8 Å². The molecule has 0 unspecified atom stereocenters. The van der Waals surface area contributed by atoms with E-state index in [0.717, 1.165) is 0 Å². The largest absolute Gasteiger partial charge is 0.462 e. The second-order valence-electron chi connectivity index (χ2n) is 3.04. The maximum Gasteiger partial charge on any atom is 0.341 e. The Morgan fingerprint density at radius 2 is 2.38 bits per heavy atom. The van der Waals surface area contributed by atoms with E-state index in [1.165, 1.54) is 0 Å². The number of ether oxygens (including phenoxy) is 2. The molecular formula is C11H16N2O3. The first-order valence-corrected chi connectivity index (χ1v) is 5.14. The van der Waals surface area contributed by atoms with E-state index in [0.29, 0.717) is 31.1 Å². The van der Waals surface area contributed by atoms with Crippen LogP contribution in [0.25, 0.3) is 0 Å². The van der Waals surface area contributed by atoms with Gasteiger partial charge in [-0.2, -0.15) is 0 Å². The van der Waals surface area contributed by atoms with E-state index in [2.05, 4.69) is 10.3 Å². The molecule has 1 aromatic rings. The molecule has 1 N–H and O–H groups in total. The SMILES string of the molecule is CCOC(=O)c1cccnc1NCCOC. The Bertz CT molecular complexity index is 342. The van der Waals surface area contributed by atoms with Crippen molar-refractivity contribution in [3.05, 3.63) is 23.9 Å². The van der Waals surface area contributed by atoms with Crippen LogP contribution in [0.2, 0.25) is 0 Å². The number of esters is 1. The number of aromatic nitrogens is 1. The van der Waals surface area contributed by atoms with Gasteiger partial charge in [-0.05, 0) is 19.1 Å². The van der Waals surface area contributed by atoms with Crippen LogP contribution in [-0.2, 0) is 9.47 Å². The smallest absolute Gasteiger partial charge is 0.341 e. The highest BCUT2D eigenvalue weighted by Crippen LogP contribution is 2.12. The molecule has 5 nitrogen and oxygen atoms in total. The summed E-state index contributed by atoms with van der Waals surface area (Å²) >= 11 is 0. The Balaban J connectivity index is 2.71. The van der Waals surface area contributed by atoms with Crippen molar-refractivity contribution in [1.82, 2.24) is 4.98 Å². The summed E-state index contributed by atoms with van der Waals surface area (Å²) in [5, 5.41) is 3.02. The fourth-order valence-electron chi connectivity index (χ4n) is 1.19. The van der Waals surface area contributed by atoms with E-state index < -0.39 is 0 Å². The summed E-state index contributed by atoms with van der Waals surface area (Å²) in [7, 11) is 1.62. The van der Waals surface area contributed by atoms with Crippen LogP contribution in [0.1, 0.15) is 17.3 Å². The Kier molecular flexibility index (Phi) is 5.28. The third-order valence-electron chi connectivity index (χ3n) is 1.90. The van der Waals surface area contributed by atoms with Gasteiger partial charge in [0.05, 0.1) is 13.2 Å². The lowest BCUT2D eigenvalue weighted by Crippen LogP contribution is -2.14. The molecule has 0 saturated carbocycles. The van der Waals surface area contributed by atoms with E-state index >= 15 is 0 Å². The third-order valence-corrected chi connectivity index (χ3v) is 1.90. The summed E-state index contributed by atoms with van der Waals surface area (Å²) in [5.74, 6) is 0.161. The van der Waals surface area contributed by atoms with Crippen molar-refractivity contribution in [3.8, 4) is 0 Å². The minimum atomic E-state index is -0.365. The van der Waals surface area contributed by atoms with Crippen molar-refractivity contribution < 1.29 is 14.3 Å². The van der Waals surface area contributed by atoms with Crippen LogP contribution in [0.3, 0.4) is 0 Å². The van der Waals surface area contributed by atoms with E-state index in [4.69, 9.17) is 9.47 Å². The number of hydrogen-bond acceptors (Lipinski definition) is 5. The van der Waals surface area contributed by atoms with Crippen LogP contribution in [0.4, 0.5) is 5.82 Å². The Morgan fingerprint density at radius 1 is 1.56 bits per heavy atom. The van der Waals surface area contributed by atoms with Crippen LogP contribution in [0.15, 0.2) is 18.3 Å². The van der Waals surface area contributed by atoms with E-state index in [-0.39, 0.29) is 5.97 Å². The molecule has 0 spiro atoms. The van der Waals surface area contributed by atoms with Gasteiger partial charge in [-0.25, -0.2) is 9.78 Å². The summed E-state index contributed by atoms with van der Waals surface area (Å²) in [6.45, 7) is 3.27. The van der Waals surface area contributed by atoms with E-state index in [9.17, 15) is 4.79 Å². The molecule has 88 valence electrons. The van der Waals surface area contributed by atoms with Crippen LogP contribution in [0.5, 0.6) is 0 Å². The average molecular weight is 224 g/mol. The van der Waals surface area contributed by atoms with Gasteiger partial charge in [0, 0.05) is 19.9 Å². The minimum absolute atomic E-state index is 0.352. The maximum absolute atomic E-state index is 11.6. The number of anilines is 1. The molecular weight excluding hydrogens is 208 g/mol. The zero-order valence-corrected chi connectivity index (χ0v) is 9.53. The number of nitrogens with one attached hydrogen (secondary N) is 1. The number of methoxy groups -OCH3 is 1. The van der Waals surface area contributed by atoms with Crippen molar-refractivity contribution in [2.45, 2.75) is 6.92 Å². The van der Waals surface area contributed by atoms with Gasteiger partial charge in [-0.1, -0.05) is 0 Å². The quantitative estimate of drug-likeness (QED) is 0.583. The highest BCUT2D eigenvalue weighted by molar-refractivity contribution is 5.94. The molecule has 0 radical (unpaired) electrons. The molecule has 0 saturated heterocycles. The van der Waals surface area contributed by atoms with Gasteiger partial charge in [0.15, 0.2) is 0 Å². The summed E-state index contributed by atoms with van der Waals surface area (Å²) in [4.78, 5) is 15.7. The number of carbonyl (C=O) groups excluding carboxylic acids is 1. The zero-order chi connectivity index (χ0) is 11.8. The number of pyridine rings is 1. The molecule has 1 rings (SSSR count). The molecule has 0 aliphatic heterocycles. The highest BCUT2D eigenvalue weighted by Gasteiger charge is 2.12. The van der Waals surface area contributed by atoms with E-state index in [1.54, 1.807) is 32.4 Å². The fraction of sp³-hybridized carbons (Fsp3) is 0.455. The molecule has 5 heteroatoms. The van der Waals surface area contributed by atoms with Crippen molar-refractivity contribution in [2.24, 2.45) is 0 Å². The first kappa shape index (κ1) is 12.4. The van der Waals surface area contributed by atoms with Gasteiger partial charge in [0.2, 0.25) is 0 Å². The van der Waals surface area contributed by atoms with Crippen molar-refractivity contribution in [2.75, 3.05) is 32.2 Å². The Hall–Kier alpha value is -1.62. The molecule has 0 fully saturated rings. The second kappa shape index (κ2) is 6.79. The van der Waals surface area contributed by atoms with Gasteiger partial charge in [0.1, 0.15) is 11.4 Å². The number of nitrogens with zero attached hydrogens (tertiary/aromatic N) is 1. The van der Waals surface area contributed by atoms with Gasteiger partial charge in [0.25, 0.3) is 0 Å². The lowest BCUT2D eigenvalue weighted by molar-refractivity contribution is 0.0527. The third kappa shape index (κ3) is 3.51. The molecule has 0 aromatic carbocycles. The fourth-order valence-corrected chi connectivity index (χ4v) is 1.19. The van der Waals surface area contributed by atoms with Crippen molar-refractivity contribution in [3.63, 3.8) is 0 Å². The Morgan fingerprint density at radius 3 is 3.06 bits per heavy atom. The van der Waals surface area contributed by atoms with Crippen molar-refractivity contribution >= 4 is 11.8 Å². The van der Waals surface area contributed by atoms with Crippen LogP contribution in [0, 0.1) is 0 Å². The molecule has 0 aliphatic rings. The Labute approximate surface area is 94.8 Å². The van der Waals surface area contributed by atoms with Gasteiger partial charge in [-0.3, -0.25) is 0 Å². The molecule has 1 aromatic heterocycles. The van der Waals surface area contributed by atoms with Crippen LogP contribution >= 0.6 is 0 Å². The summed E-state index contributed by atoms with van der Waals surface area (Å²) in [5.41, 5.74) is 0.445. The molecule has 1 heterocycles. The van der Waals surface area contributed by atoms with Gasteiger partial charge >= 0.3 is 5.97 Å². The second-order valence-corrected chi connectivity index (χ2v) is 3.04. The standard InChI is InChI=1S/C11H16N2O3/c1-3-16-11(14)9-5-4-6-12-10(9)13-7-8-15-2/h4-6H,3,7-8H2,1-2H3,(H,12,13). The highest BCUT2D eigenvalue weighted by atomic mass is 16.5. The molecule has 16 heavy (non-hydrogen) atoms. The van der Waals surface area contributed by atoms with Crippen LogP contribution < -0.4 is 5.32 Å². The number of hydrogen-bond donors (Lipinski definition) is 1. The van der Waals surface area contributed by atoms with E-state index in [1.807, 2.05) is 0 Å². The summed E-state index contributed by atoms with van der Waals surface area (Å²) in [6.07, 6.45) is 1.62. The predicted octanol–water partition coefficient (Wildman–Crippen LogP) is 1.32. The first-order chi connectivity index (χ1) is 7.79. The maximum atomic E-state index is 11.6. The summed E-state index contributed by atoms with van der Waals surface area (Å²) in [6, 6.07) is 3.38. The topological polar surface area (TPSA) is 60.5 Å². The normalized spacial score (nSPS) is 9.88. The van der Waals surface area contributed by atoms with Gasteiger partial charge in [-0.15, -0.1) is 0 Å². The van der Waals surface area contributed by atoms with Gasteiger partial charge < -0.3 is 14.8 Å². The lowest BCUT2D eigenvalue weighted by atomic mass is 10.2. The molecule has 0 aliphatic carbocycles. The summed E-state index contributed by atoms with van der Waals surface area (Å²) < 4.78 is 9.83. The molecule has 0 atom stereocenters. The number of rotatable bonds is 6. The number of carbonyl (C=O) groups is 1. The minimum Gasteiger partial charge on any atom is -0.462 e. The van der Waals surface area contributed by atoms with Crippen molar-refractivity contribution in [1.29, 1.82) is 0 Å². The predicted molar refractivity (Wildman–Crippen MR) is 60.6 cm³/mol. The lowest BCUT2D eigenvalue weighted by Gasteiger charge is -2.09. The molecule has 0 bridgehead atoms.